The Hall–Kier alpha value is -5.43. The van der Waals surface area contributed by atoms with Gasteiger partial charge in [-0.3, -0.25) is 14.3 Å². The van der Waals surface area contributed by atoms with Crippen molar-refractivity contribution in [2.45, 2.75) is 44.0 Å². The molecule has 5 aromatic rings. The third kappa shape index (κ3) is 6.66. The van der Waals surface area contributed by atoms with Gasteiger partial charge >= 0.3 is 6.18 Å². The van der Waals surface area contributed by atoms with E-state index in [1.807, 2.05) is 30.3 Å². The number of carbonyl (C=O) groups is 2. The molecule has 49 heavy (non-hydrogen) atoms. The molecule has 2 heterocycles. The van der Waals surface area contributed by atoms with E-state index in [1.165, 1.54) is 19.2 Å². The molecular formula is C36H34F3N5O5. The number of alkyl halides is 3. The number of carbonyl (C=O) groups excluding carboxylic acids is 2. The Morgan fingerprint density at radius 2 is 1.73 bits per heavy atom. The van der Waals surface area contributed by atoms with E-state index in [0.29, 0.717) is 22.0 Å². The smallest absolute Gasteiger partial charge is 0.424 e. The number of rotatable bonds is 12. The van der Waals surface area contributed by atoms with Gasteiger partial charge < -0.3 is 25.6 Å². The average molecular weight is 674 g/mol. The number of halogens is 3. The number of aromatic nitrogens is 3. The maximum Gasteiger partial charge on any atom is 0.424 e. The highest BCUT2D eigenvalue weighted by Gasteiger charge is 2.57. The maximum absolute atomic E-state index is 15.0. The van der Waals surface area contributed by atoms with E-state index in [4.69, 9.17) is 15.2 Å². The van der Waals surface area contributed by atoms with Gasteiger partial charge in [0, 0.05) is 28.3 Å². The highest BCUT2D eigenvalue weighted by atomic mass is 19.4. The number of primary amides is 1. The van der Waals surface area contributed by atoms with Crippen molar-refractivity contribution in [1.29, 1.82) is 0 Å². The lowest BCUT2D eigenvalue weighted by atomic mass is 9.91. The molecule has 0 saturated heterocycles. The van der Waals surface area contributed by atoms with Gasteiger partial charge in [-0.2, -0.15) is 18.3 Å². The summed E-state index contributed by atoms with van der Waals surface area (Å²) >= 11 is 0. The monoisotopic (exact) mass is 673 g/mol. The summed E-state index contributed by atoms with van der Waals surface area (Å²) < 4.78 is 58.0. The molecule has 0 aliphatic heterocycles. The van der Waals surface area contributed by atoms with Crippen LogP contribution in [0.25, 0.3) is 33.3 Å². The van der Waals surface area contributed by atoms with Crippen LogP contribution < -0.4 is 20.5 Å². The normalized spacial score (nSPS) is 14.3. The Morgan fingerprint density at radius 1 is 1.04 bits per heavy atom. The first-order chi connectivity index (χ1) is 23.4. The first-order valence-electron chi connectivity index (χ1n) is 15.7. The molecule has 0 spiro atoms. The highest BCUT2D eigenvalue weighted by molar-refractivity contribution is 6.00. The van der Waals surface area contributed by atoms with Crippen molar-refractivity contribution in [2.75, 3.05) is 20.3 Å². The van der Waals surface area contributed by atoms with E-state index < -0.39 is 42.3 Å². The summed E-state index contributed by atoms with van der Waals surface area (Å²) in [4.78, 5) is 29.9. The number of nitrogens with zero attached hydrogens (tertiary/aromatic N) is 3. The number of methoxy groups -OCH3 is 1. The van der Waals surface area contributed by atoms with Crippen molar-refractivity contribution in [3.05, 3.63) is 95.8 Å². The van der Waals surface area contributed by atoms with E-state index in [1.54, 1.807) is 42.1 Å². The van der Waals surface area contributed by atoms with Crippen molar-refractivity contribution in [1.82, 2.24) is 20.1 Å². The fourth-order valence-electron chi connectivity index (χ4n) is 5.74. The number of fused-ring (bicyclic) bond motifs is 1. The zero-order chi connectivity index (χ0) is 34.9. The van der Waals surface area contributed by atoms with E-state index in [0.717, 1.165) is 24.5 Å². The molecule has 10 nitrogen and oxygen atoms in total. The Morgan fingerprint density at radius 3 is 2.37 bits per heavy atom. The molecule has 0 bridgehead atoms. The van der Waals surface area contributed by atoms with Crippen LogP contribution in [0, 0.1) is 0 Å². The average Bonchev–Trinajstić information content (AvgIpc) is 3.85. The number of nitrogens with two attached hydrogens (primary N) is 1. The predicted octanol–water partition coefficient (Wildman–Crippen LogP) is 5.72. The second-order valence-electron chi connectivity index (χ2n) is 11.8. The van der Waals surface area contributed by atoms with Crippen LogP contribution in [-0.4, -0.2) is 58.1 Å². The minimum atomic E-state index is -5.33. The van der Waals surface area contributed by atoms with Crippen molar-refractivity contribution in [3.8, 4) is 33.9 Å². The van der Waals surface area contributed by atoms with Crippen molar-refractivity contribution in [3.63, 3.8) is 0 Å². The quantitative estimate of drug-likeness (QED) is 0.154. The molecule has 1 saturated carbocycles. The molecule has 1 aliphatic rings. The number of amides is 2. The molecule has 0 unspecified atom stereocenters. The molecule has 13 heteroatoms. The lowest BCUT2D eigenvalue weighted by Gasteiger charge is -2.31. The molecule has 2 amide bonds. The number of benzene rings is 3. The summed E-state index contributed by atoms with van der Waals surface area (Å²) in [5, 5.41) is 18.9. The number of pyridine rings is 1. The molecule has 1 atom stereocenters. The molecular weight excluding hydrogens is 639 g/mol. The molecule has 4 N–H and O–H groups in total. The topological polar surface area (TPSA) is 142 Å². The van der Waals surface area contributed by atoms with Crippen molar-refractivity contribution >= 4 is 22.7 Å². The number of hydrogen-bond acceptors (Lipinski definition) is 7. The standard InChI is InChI=1S/C36H34F3N5O5/c1-3-49-33-22(18-30(40)45)17-29(42-32(33)27-12-8-7-11-26(27)21-9-5-4-6-10-21)35(47,36(37,38)39)20-41-34(46)23-15-24-19-44(25-13-14-25)43-31(24)28(16-23)48-2/h4-12,15-17,19,25,47H,3,13-14,18,20H2,1-2H3,(H2,40,45)(H,41,46)/t35-/m0/s1. The fraction of sp³-hybridized carbons (Fsp3) is 0.278. The molecule has 254 valence electrons. The Labute approximate surface area is 279 Å². The van der Waals surface area contributed by atoms with Crippen LogP contribution in [0.15, 0.2) is 79.0 Å². The summed E-state index contributed by atoms with van der Waals surface area (Å²) in [7, 11) is 1.41. The van der Waals surface area contributed by atoms with Crippen molar-refractivity contribution < 1.29 is 37.3 Å². The number of aliphatic hydroxyl groups is 1. The van der Waals surface area contributed by atoms with E-state index in [2.05, 4.69) is 15.4 Å². The summed E-state index contributed by atoms with van der Waals surface area (Å²) in [6.07, 6.45) is -2.12. The van der Waals surface area contributed by atoms with Crippen LogP contribution in [0.1, 0.15) is 47.4 Å². The van der Waals surface area contributed by atoms with Crippen LogP contribution in [0.5, 0.6) is 11.5 Å². The second-order valence-corrected chi connectivity index (χ2v) is 11.8. The van der Waals surface area contributed by atoms with E-state index >= 15 is 0 Å². The SMILES string of the molecule is CCOc1c(CC(N)=O)cc([C@@](O)(CNC(=O)c2cc(OC)c3nn(C4CC4)cc3c2)C(F)(F)F)nc1-c1ccccc1-c1ccccc1. The maximum atomic E-state index is 15.0. The second kappa shape index (κ2) is 13.2. The summed E-state index contributed by atoms with van der Waals surface area (Å²) in [5.74, 6) is -1.40. The van der Waals surface area contributed by atoms with Gasteiger partial charge in [0.15, 0.2) is 0 Å². The molecule has 1 aliphatic carbocycles. The van der Waals surface area contributed by atoms with Crippen LogP contribution in [0.2, 0.25) is 0 Å². The summed E-state index contributed by atoms with van der Waals surface area (Å²) in [5.41, 5.74) is 3.22. The van der Waals surface area contributed by atoms with E-state index in [9.17, 15) is 27.9 Å². The van der Waals surface area contributed by atoms with E-state index in [-0.39, 0.29) is 41.0 Å². The number of ether oxygens (including phenoxy) is 2. The molecule has 6 rings (SSSR count). The van der Waals surface area contributed by atoms with Gasteiger partial charge in [-0.1, -0.05) is 54.6 Å². The Kier molecular flexibility index (Phi) is 9.04. The zero-order valence-corrected chi connectivity index (χ0v) is 26.8. The highest BCUT2D eigenvalue weighted by Crippen LogP contribution is 2.44. The van der Waals surface area contributed by atoms with Crippen LogP contribution in [-0.2, 0) is 16.8 Å². The third-order valence-electron chi connectivity index (χ3n) is 8.36. The van der Waals surface area contributed by atoms with Gasteiger partial charge in [-0.05, 0) is 49.1 Å². The minimum absolute atomic E-state index is 0.00548. The first kappa shape index (κ1) is 33.5. The molecule has 0 radical (unpaired) electrons. The lowest BCUT2D eigenvalue weighted by Crippen LogP contribution is -2.51. The molecule has 3 aromatic carbocycles. The van der Waals surface area contributed by atoms with Crippen molar-refractivity contribution in [2.24, 2.45) is 5.73 Å². The van der Waals surface area contributed by atoms with Gasteiger partial charge in [-0.15, -0.1) is 0 Å². The largest absolute Gasteiger partial charge is 0.494 e. The molecule has 2 aromatic heterocycles. The van der Waals surface area contributed by atoms with Gasteiger partial charge in [-0.25, -0.2) is 4.98 Å². The Balaban J connectivity index is 1.44. The fourth-order valence-corrected chi connectivity index (χ4v) is 5.74. The van der Waals surface area contributed by atoms with Crippen LogP contribution in [0.3, 0.4) is 0 Å². The molecule has 1 fully saturated rings. The number of nitrogens with one attached hydrogen (secondary N) is 1. The van der Waals surface area contributed by atoms with Gasteiger partial charge in [0.25, 0.3) is 5.91 Å². The van der Waals surface area contributed by atoms with Gasteiger partial charge in [0.05, 0.1) is 38.4 Å². The van der Waals surface area contributed by atoms with Crippen LogP contribution >= 0.6 is 0 Å². The van der Waals surface area contributed by atoms with Gasteiger partial charge in [0.2, 0.25) is 11.5 Å². The number of hydrogen-bond donors (Lipinski definition) is 3. The Bertz CT molecular complexity index is 2030. The van der Waals surface area contributed by atoms with Gasteiger partial charge in [0.1, 0.15) is 22.7 Å². The first-order valence-corrected chi connectivity index (χ1v) is 15.7. The minimum Gasteiger partial charge on any atom is -0.494 e. The summed E-state index contributed by atoms with van der Waals surface area (Å²) in [6, 6.07) is 20.1. The lowest BCUT2D eigenvalue weighted by molar-refractivity contribution is -0.265. The zero-order valence-electron chi connectivity index (χ0n) is 26.8. The summed E-state index contributed by atoms with van der Waals surface area (Å²) in [6.45, 7) is 0.480. The van der Waals surface area contributed by atoms with Crippen LogP contribution in [0.4, 0.5) is 13.2 Å². The third-order valence-corrected chi connectivity index (χ3v) is 8.36. The predicted molar refractivity (Wildman–Crippen MR) is 176 cm³/mol.